The maximum absolute atomic E-state index is 13.0. The first-order valence-corrected chi connectivity index (χ1v) is 9.18. The molecule has 0 aromatic carbocycles. The number of hydrogen-bond acceptors (Lipinski definition) is 5. The highest BCUT2D eigenvalue weighted by atomic mass is 16.4. The van der Waals surface area contributed by atoms with Gasteiger partial charge in [0.05, 0.1) is 12.1 Å². The number of nitrogens with one attached hydrogen (secondary N) is 1. The van der Waals surface area contributed by atoms with E-state index < -0.39 is 0 Å². The maximum atomic E-state index is 13.0. The summed E-state index contributed by atoms with van der Waals surface area (Å²) in [4.78, 5) is 23.7. The van der Waals surface area contributed by atoms with Crippen molar-refractivity contribution in [3.63, 3.8) is 0 Å². The lowest BCUT2D eigenvalue weighted by Crippen LogP contribution is -2.55. The zero-order valence-electron chi connectivity index (χ0n) is 14.1. The first-order valence-electron chi connectivity index (χ1n) is 9.18. The van der Waals surface area contributed by atoms with Crippen molar-refractivity contribution in [3.8, 4) is 11.5 Å². The molecule has 1 saturated carbocycles. The molecule has 1 aliphatic carbocycles. The van der Waals surface area contributed by atoms with Gasteiger partial charge in [0, 0.05) is 31.3 Å². The molecular formula is C19H22N4O2. The topological polar surface area (TPSA) is 71.3 Å². The van der Waals surface area contributed by atoms with E-state index in [1.54, 1.807) is 12.4 Å². The van der Waals surface area contributed by atoms with Crippen molar-refractivity contribution < 1.29 is 9.21 Å². The SMILES string of the molecule is O=C([C@@H]1C[C@H]2CCNC[C@H]21)N1CCc2oc(-c3cccnc3)nc2C1. The smallest absolute Gasteiger partial charge is 0.228 e. The molecule has 1 N–H and O–H groups in total. The Kier molecular flexibility index (Phi) is 3.59. The molecule has 130 valence electrons. The number of pyridine rings is 1. The van der Waals surface area contributed by atoms with E-state index in [9.17, 15) is 4.79 Å². The van der Waals surface area contributed by atoms with Crippen LogP contribution in [0.5, 0.6) is 0 Å². The molecule has 25 heavy (non-hydrogen) atoms. The van der Waals surface area contributed by atoms with Crippen LogP contribution in [0, 0.1) is 17.8 Å². The van der Waals surface area contributed by atoms with Crippen LogP contribution < -0.4 is 5.32 Å². The van der Waals surface area contributed by atoms with E-state index in [0.29, 0.717) is 24.3 Å². The Morgan fingerprint density at radius 2 is 2.36 bits per heavy atom. The summed E-state index contributed by atoms with van der Waals surface area (Å²) in [6.45, 7) is 3.40. The predicted molar refractivity (Wildman–Crippen MR) is 91.4 cm³/mol. The quantitative estimate of drug-likeness (QED) is 0.905. The van der Waals surface area contributed by atoms with Gasteiger partial charge >= 0.3 is 0 Å². The monoisotopic (exact) mass is 338 g/mol. The summed E-state index contributed by atoms with van der Waals surface area (Å²) in [6, 6.07) is 3.82. The van der Waals surface area contributed by atoms with Crippen LogP contribution in [0.4, 0.5) is 0 Å². The molecule has 0 radical (unpaired) electrons. The average molecular weight is 338 g/mol. The fourth-order valence-corrected chi connectivity index (χ4v) is 4.52. The lowest BCUT2D eigenvalue weighted by molar-refractivity contribution is -0.146. The number of amides is 1. The maximum Gasteiger partial charge on any atom is 0.228 e. The van der Waals surface area contributed by atoms with Gasteiger partial charge in [0.1, 0.15) is 11.5 Å². The van der Waals surface area contributed by atoms with Crippen LogP contribution in [0.25, 0.3) is 11.5 Å². The van der Waals surface area contributed by atoms with Crippen LogP contribution >= 0.6 is 0 Å². The highest BCUT2D eigenvalue weighted by Crippen LogP contribution is 2.45. The van der Waals surface area contributed by atoms with Gasteiger partial charge in [0.2, 0.25) is 11.8 Å². The third kappa shape index (κ3) is 2.56. The van der Waals surface area contributed by atoms with Gasteiger partial charge in [-0.25, -0.2) is 4.98 Å². The van der Waals surface area contributed by atoms with E-state index >= 15 is 0 Å². The largest absolute Gasteiger partial charge is 0.441 e. The number of rotatable bonds is 2. The zero-order valence-corrected chi connectivity index (χ0v) is 14.1. The minimum atomic E-state index is 0.198. The van der Waals surface area contributed by atoms with E-state index in [0.717, 1.165) is 55.4 Å². The molecule has 5 rings (SSSR count). The molecule has 0 bridgehead atoms. The number of oxazole rings is 1. The summed E-state index contributed by atoms with van der Waals surface area (Å²) in [5, 5.41) is 3.44. The Balaban J connectivity index is 1.31. The molecule has 0 spiro atoms. The second-order valence-corrected chi connectivity index (χ2v) is 7.40. The Morgan fingerprint density at radius 3 is 3.20 bits per heavy atom. The first-order chi connectivity index (χ1) is 12.3. The van der Waals surface area contributed by atoms with Gasteiger partial charge in [-0.3, -0.25) is 9.78 Å². The molecule has 4 heterocycles. The number of aromatic nitrogens is 2. The zero-order chi connectivity index (χ0) is 16.8. The van der Waals surface area contributed by atoms with Crippen molar-refractivity contribution in [2.24, 2.45) is 17.8 Å². The summed E-state index contributed by atoms with van der Waals surface area (Å²) in [5.74, 6) is 3.30. The lowest BCUT2D eigenvalue weighted by Gasteiger charge is -2.48. The normalized spacial score (nSPS) is 28.0. The number of fused-ring (bicyclic) bond motifs is 2. The Hall–Kier alpha value is -2.21. The first kappa shape index (κ1) is 15.1. The molecule has 2 aromatic heterocycles. The van der Waals surface area contributed by atoms with Crippen molar-refractivity contribution >= 4 is 5.91 Å². The molecule has 6 nitrogen and oxygen atoms in total. The van der Waals surface area contributed by atoms with E-state index in [4.69, 9.17) is 4.42 Å². The highest BCUT2D eigenvalue weighted by molar-refractivity contribution is 5.80. The number of carbonyl (C=O) groups is 1. The van der Waals surface area contributed by atoms with Gasteiger partial charge in [-0.05, 0) is 49.9 Å². The number of carbonyl (C=O) groups excluding carboxylic acids is 1. The molecule has 1 amide bonds. The number of hydrogen-bond donors (Lipinski definition) is 1. The molecule has 3 aliphatic rings. The van der Waals surface area contributed by atoms with Crippen molar-refractivity contribution in [1.29, 1.82) is 0 Å². The minimum Gasteiger partial charge on any atom is -0.441 e. The third-order valence-electron chi connectivity index (χ3n) is 6.02. The van der Waals surface area contributed by atoms with Crippen molar-refractivity contribution in [2.45, 2.75) is 25.8 Å². The van der Waals surface area contributed by atoms with Gasteiger partial charge in [-0.15, -0.1) is 0 Å². The second kappa shape index (κ2) is 5.95. The van der Waals surface area contributed by atoms with Crippen molar-refractivity contribution in [1.82, 2.24) is 20.2 Å². The summed E-state index contributed by atoms with van der Waals surface area (Å²) < 4.78 is 5.91. The Bertz CT molecular complexity index is 788. The average Bonchev–Trinajstić information content (AvgIpc) is 3.06. The second-order valence-electron chi connectivity index (χ2n) is 7.40. The minimum absolute atomic E-state index is 0.198. The van der Waals surface area contributed by atoms with Crippen LogP contribution in [0.15, 0.2) is 28.9 Å². The van der Waals surface area contributed by atoms with Gasteiger partial charge < -0.3 is 14.6 Å². The molecule has 6 heteroatoms. The highest BCUT2D eigenvalue weighted by Gasteiger charge is 2.47. The molecule has 2 aromatic rings. The van der Waals surface area contributed by atoms with Crippen LogP contribution in [0.3, 0.4) is 0 Å². The number of nitrogens with zero attached hydrogens (tertiary/aromatic N) is 3. The van der Waals surface area contributed by atoms with Crippen LogP contribution in [-0.2, 0) is 17.8 Å². The van der Waals surface area contributed by atoms with Crippen molar-refractivity contribution in [3.05, 3.63) is 36.0 Å². The molecule has 1 saturated heterocycles. The van der Waals surface area contributed by atoms with Crippen LogP contribution in [0.2, 0.25) is 0 Å². The fourth-order valence-electron chi connectivity index (χ4n) is 4.52. The lowest BCUT2D eigenvalue weighted by atomic mass is 9.61. The van der Waals surface area contributed by atoms with E-state index in [2.05, 4.69) is 15.3 Å². The summed E-state index contributed by atoms with van der Waals surface area (Å²) in [6.07, 6.45) is 6.52. The van der Waals surface area contributed by atoms with Gasteiger partial charge in [-0.2, -0.15) is 0 Å². The van der Waals surface area contributed by atoms with Gasteiger partial charge in [0.25, 0.3) is 0 Å². The van der Waals surface area contributed by atoms with E-state index in [1.165, 1.54) is 6.42 Å². The molecule has 0 unspecified atom stereocenters. The molecule has 2 aliphatic heterocycles. The van der Waals surface area contributed by atoms with Crippen molar-refractivity contribution in [2.75, 3.05) is 19.6 Å². The molecule has 3 atom stereocenters. The fraction of sp³-hybridized carbons (Fsp3) is 0.526. The Morgan fingerprint density at radius 1 is 1.40 bits per heavy atom. The number of piperidine rings is 1. The van der Waals surface area contributed by atoms with E-state index in [1.807, 2.05) is 17.0 Å². The van der Waals surface area contributed by atoms with E-state index in [-0.39, 0.29) is 5.92 Å². The summed E-state index contributed by atoms with van der Waals surface area (Å²) in [7, 11) is 0. The van der Waals surface area contributed by atoms with Crippen LogP contribution in [-0.4, -0.2) is 40.4 Å². The molecular weight excluding hydrogens is 316 g/mol. The van der Waals surface area contributed by atoms with Gasteiger partial charge in [-0.1, -0.05) is 0 Å². The summed E-state index contributed by atoms with van der Waals surface area (Å²) in [5.41, 5.74) is 1.78. The standard InChI is InChI=1S/C19H22N4O2/c24-19(14-8-12-3-6-21-10-15(12)14)23-7-4-17-16(11-23)22-18(25-17)13-2-1-5-20-9-13/h1-2,5,9,12,14-15,21H,3-4,6-8,10-11H2/t12-,14-,15-/m1/s1. The summed E-state index contributed by atoms with van der Waals surface area (Å²) >= 11 is 0. The van der Waals surface area contributed by atoms with Crippen LogP contribution in [0.1, 0.15) is 24.3 Å². The Labute approximate surface area is 146 Å². The molecule has 2 fully saturated rings. The predicted octanol–water partition coefficient (Wildman–Crippen LogP) is 1.87. The van der Waals surface area contributed by atoms with Gasteiger partial charge in [0.15, 0.2) is 0 Å². The third-order valence-corrected chi connectivity index (χ3v) is 6.02.